The number of carbonyl (C=O) groups is 2. The number of amides is 1. The van der Waals surface area contributed by atoms with Crippen LogP contribution in [0.3, 0.4) is 0 Å². The zero-order valence-corrected chi connectivity index (χ0v) is 29.9. The Morgan fingerprint density at radius 2 is 1.47 bits per heavy atom. The molecule has 0 spiro atoms. The minimum Gasteiger partial charge on any atom is -0.463 e. The summed E-state index contributed by atoms with van der Waals surface area (Å²) < 4.78 is 59.4. The number of esters is 1. The van der Waals surface area contributed by atoms with Gasteiger partial charge in [0.1, 0.15) is 12.4 Å². The van der Waals surface area contributed by atoms with Crippen LogP contribution in [-0.4, -0.2) is 63.5 Å². The maximum atomic E-state index is 14.1. The van der Waals surface area contributed by atoms with E-state index in [1.807, 2.05) is 38.1 Å². The van der Waals surface area contributed by atoms with Gasteiger partial charge in [0.05, 0.1) is 18.1 Å². The number of ether oxygens (including phenoxy) is 1. The molecule has 1 aromatic heterocycles. The summed E-state index contributed by atoms with van der Waals surface area (Å²) in [7, 11) is 0. The summed E-state index contributed by atoms with van der Waals surface area (Å²) in [6.07, 6.45) is -3.62. The first-order valence-electron chi connectivity index (χ1n) is 16.7. The molecule has 0 N–H and O–H groups in total. The number of likely N-dealkylation sites (N-methyl/N-ethyl adjacent to an activating group) is 1. The third kappa shape index (κ3) is 11.8. The van der Waals surface area contributed by atoms with Crippen molar-refractivity contribution < 1.29 is 31.9 Å². The Balaban J connectivity index is 1.60. The number of nitrogens with zero attached hydrogens (tertiary/aromatic N) is 4. The predicted octanol–water partition coefficient (Wildman–Crippen LogP) is 7.23. The lowest BCUT2D eigenvalue weighted by molar-refractivity contribution is -0.146. The Hall–Kier alpha value is -4.49. The fourth-order valence-corrected chi connectivity index (χ4v) is 6.19. The van der Waals surface area contributed by atoms with Gasteiger partial charge in [0.25, 0.3) is 5.56 Å². The Labute approximate surface area is 299 Å². The molecule has 272 valence electrons. The number of rotatable bonds is 16. The van der Waals surface area contributed by atoms with Crippen molar-refractivity contribution in [2.75, 3.05) is 26.2 Å². The van der Waals surface area contributed by atoms with Crippen LogP contribution in [0.4, 0.5) is 17.6 Å². The van der Waals surface area contributed by atoms with Crippen molar-refractivity contribution in [3.05, 3.63) is 117 Å². The molecule has 0 aliphatic rings. The Bertz CT molecular complexity index is 1810. The summed E-state index contributed by atoms with van der Waals surface area (Å²) in [4.78, 5) is 47.7. The minimum atomic E-state index is -4.42. The van der Waals surface area contributed by atoms with Crippen LogP contribution in [0.1, 0.15) is 49.9 Å². The van der Waals surface area contributed by atoms with E-state index in [1.54, 1.807) is 35.4 Å². The van der Waals surface area contributed by atoms with Crippen molar-refractivity contribution >= 4 is 23.6 Å². The fourth-order valence-electron chi connectivity index (χ4n) is 5.27. The van der Waals surface area contributed by atoms with E-state index in [4.69, 9.17) is 4.74 Å². The first-order chi connectivity index (χ1) is 24.2. The van der Waals surface area contributed by atoms with Gasteiger partial charge in [0.2, 0.25) is 5.91 Å². The lowest BCUT2D eigenvalue weighted by Gasteiger charge is -2.27. The van der Waals surface area contributed by atoms with Crippen molar-refractivity contribution in [1.29, 1.82) is 0 Å². The van der Waals surface area contributed by atoms with Crippen LogP contribution in [0.5, 0.6) is 0 Å². The highest BCUT2D eigenvalue weighted by molar-refractivity contribution is 7.98. The number of benzene rings is 3. The molecule has 4 aromatic rings. The highest BCUT2D eigenvalue weighted by Gasteiger charge is 2.30. The van der Waals surface area contributed by atoms with Gasteiger partial charge in [-0.15, -0.1) is 0 Å². The van der Waals surface area contributed by atoms with E-state index in [-0.39, 0.29) is 48.1 Å². The predicted molar refractivity (Wildman–Crippen MR) is 189 cm³/mol. The number of carbonyl (C=O) groups excluding carboxylic acids is 2. The highest BCUT2D eigenvalue weighted by Crippen LogP contribution is 2.31. The van der Waals surface area contributed by atoms with Gasteiger partial charge in [-0.2, -0.15) is 18.2 Å². The maximum Gasteiger partial charge on any atom is 0.416 e. The summed E-state index contributed by atoms with van der Waals surface area (Å²) in [5.41, 5.74) is 1.74. The standard InChI is InChI=1S/C38H42F4N4O4S/c1-5-44(6-2)19-20-45(22-27-7-11-29(12-8-27)30-13-15-32(16-14-30)38(40,41)42)34(47)24-46-23-31(21-35(48)50-26(3)4)36(49)43-37(46)51-25-28-9-17-33(39)18-10-28/h7-18,23,26H,5-6,19-22,24-25H2,1-4H3. The smallest absolute Gasteiger partial charge is 0.416 e. The molecule has 8 nitrogen and oxygen atoms in total. The molecule has 0 bridgehead atoms. The van der Waals surface area contributed by atoms with Crippen LogP contribution in [0, 0.1) is 5.82 Å². The summed E-state index contributed by atoms with van der Waals surface area (Å²) in [5, 5.41) is 0.267. The first kappa shape index (κ1) is 39.3. The van der Waals surface area contributed by atoms with E-state index in [9.17, 15) is 31.9 Å². The third-order valence-corrected chi connectivity index (χ3v) is 9.19. The molecule has 13 heteroatoms. The van der Waals surface area contributed by atoms with Crippen molar-refractivity contribution in [3.8, 4) is 11.1 Å². The Morgan fingerprint density at radius 1 is 0.882 bits per heavy atom. The van der Waals surface area contributed by atoms with Crippen LogP contribution >= 0.6 is 11.8 Å². The lowest BCUT2D eigenvalue weighted by Crippen LogP contribution is -2.40. The Morgan fingerprint density at radius 3 is 2.04 bits per heavy atom. The molecule has 1 amide bonds. The maximum absolute atomic E-state index is 14.1. The highest BCUT2D eigenvalue weighted by atomic mass is 32.2. The van der Waals surface area contributed by atoms with Crippen LogP contribution in [0.15, 0.2) is 88.9 Å². The van der Waals surface area contributed by atoms with Crippen molar-refractivity contribution in [1.82, 2.24) is 19.4 Å². The summed E-state index contributed by atoms with van der Waals surface area (Å²) in [6.45, 7) is 10.2. The number of hydrogen-bond acceptors (Lipinski definition) is 7. The van der Waals surface area contributed by atoms with Crippen molar-refractivity contribution in [2.45, 2.75) is 70.4 Å². The molecular formula is C38H42F4N4O4S. The molecule has 51 heavy (non-hydrogen) atoms. The van der Waals surface area contributed by atoms with Crippen LogP contribution < -0.4 is 5.56 Å². The zero-order valence-electron chi connectivity index (χ0n) is 29.1. The molecule has 3 aromatic carbocycles. The second kappa shape index (κ2) is 18.1. The summed E-state index contributed by atoms with van der Waals surface area (Å²) >= 11 is 1.22. The zero-order chi connectivity index (χ0) is 37.1. The van der Waals surface area contributed by atoms with Crippen LogP contribution in [-0.2, 0) is 45.8 Å². The van der Waals surface area contributed by atoms with Crippen LogP contribution in [0.25, 0.3) is 11.1 Å². The molecule has 0 radical (unpaired) electrons. The minimum absolute atomic E-state index is 0.0909. The van der Waals surface area contributed by atoms with Gasteiger partial charge in [0, 0.05) is 37.1 Å². The molecule has 4 rings (SSSR count). The second-order valence-electron chi connectivity index (χ2n) is 12.2. The normalized spacial score (nSPS) is 11.6. The number of halogens is 4. The molecule has 0 aliphatic carbocycles. The van der Waals surface area contributed by atoms with Crippen molar-refractivity contribution in [2.24, 2.45) is 0 Å². The average Bonchev–Trinajstić information content (AvgIpc) is 3.09. The third-order valence-electron chi connectivity index (χ3n) is 8.12. The monoisotopic (exact) mass is 726 g/mol. The van der Waals surface area contributed by atoms with E-state index < -0.39 is 23.3 Å². The Kier molecular flexibility index (Phi) is 14.0. The van der Waals surface area contributed by atoms with E-state index in [1.165, 1.54) is 42.2 Å². The van der Waals surface area contributed by atoms with E-state index >= 15 is 0 Å². The van der Waals surface area contributed by atoms with Gasteiger partial charge in [-0.3, -0.25) is 14.4 Å². The topological polar surface area (TPSA) is 84.7 Å². The molecule has 0 aliphatic heterocycles. The quantitative estimate of drug-likeness (QED) is 0.0522. The SMILES string of the molecule is CCN(CC)CCN(Cc1ccc(-c2ccc(C(F)(F)F)cc2)cc1)C(=O)Cn1cc(CC(=O)OC(C)C)c(=O)nc1SCc1ccc(F)cc1. The molecule has 0 unspecified atom stereocenters. The van der Waals surface area contributed by atoms with Gasteiger partial charge in [0.15, 0.2) is 5.16 Å². The first-order valence-corrected chi connectivity index (χ1v) is 17.7. The lowest BCUT2D eigenvalue weighted by atomic mass is 10.0. The summed E-state index contributed by atoms with van der Waals surface area (Å²) in [6, 6.07) is 18.2. The number of thioether (sulfide) groups is 1. The molecule has 0 saturated carbocycles. The van der Waals surface area contributed by atoms with Gasteiger partial charge < -0.3 is 19.1 Å². The van der Waals surface area contributed by atoms with E-state index in [0.717, 1.165) is 41.9 Å². The van der Waals surface area contributed by atoms with Crippen molar-refractivity contribution in [3.63, 3.8) is 0 Å². The summed E-state index contributed by atoms with van der Waals surface area (Å²) in [5.74, 6) is -0.860. The number of aromatic nitrogens is 2. The van der Waals surface area contributed by atoms with Gasteiger partial charge in [-0.25, -0.2) is 4.39 Å². The second-order valence-corrected chi connectivity index (χ2v) is 13.2. The van der Waals surface area contributed by atoms with Crippen LogP contribution in [0.2, 0.25) is 0 Å². The molecule has 0 atom stereocenters. The van der Waals surface area contributed by atoms with Gasteiger partial charge in [-0.05, 0) is 73.5 Å². The molecule has 0 saturated heterocycles. The molecule has 1 heterocycles. The average molecular weight is 727 g/mol. The van der Waals surface area contributed by atoms with E-state index in [0.29, 0.717) is 24.4 Å². The largest absolute Gasteiger partial charge is 0.463 e. The molecular weight excluding hydrogens is 685 g/mol. The van der Waals surface area contributed by atoms with Gasteiger partial charge in [-0.1, -0.05) is 74.1 Å². The van der Waals surface area contributed by atoms with Gasteiger partial charge >= 0.3 is 12.1 Å². The molecule has 0 fully saturated rings. The number of alkyl halides is 3. The fraction of sp³-hybridized carbons (Fsp3) is 0.368. The number of hydrogen-bond donors (Lipinski definition) is 0. The van der Waals surface area contributed by atoms with E-state index in [2.05, 4.69) is 9.88 Å².